The Hall–Kier alpha value is -3.58. The van der Waals surface area contributed by atoms with Crippen LogP contribution >= 0.6 is 0 Å². The number of likely N-dealkylation sites (tertiary alicyclic amines) is 1. The number of alkyl halides is 3. The van der Waals surface area contributed by atoms with Gasteiger partial charge in [-0.05, 0) is 47.5 Å². The van der Waals surface area contributed by atoms with Crippen molar-refractivity contribution < 1.29 is 40.7 Å². The van der Waals surface area contributed by atoms with Crippen molar-refractivity contribution in [2.24, 2.45) is 10.6 Å². The molecule has 2 aromatic rings. The van der Waals surface area contributed by atoms with Gasteiger partial charge in [0.25, 0.3) is 5.91 Å². The summed E-state index contributed by atoms with van der Waals surface area (Å²) in [4.78, 5) is 28.4. The first-order valence-corrected chi connectivity index (χ1v) is 12.2. The molecule has 13 heteroatoms. The van der Waals surface area contributed by atoms with E-state index in [2.05, 4.69) is 4.74 Å². The van der Waals surface area contributed by atoms with Crippen LogP contribution in [0.3, 0.4) is 0 Å². The maximum Gasteiger partial charge on any atom is 0.573 e. The van der Waals surface area contributed by atoms with Gasteiger partial charge in [-0.2, -0.15) is 0 Å². The second kappa shape index (κ2) is 9.13. The number of sulfonamides is 1. The predicted octanol–water partition coefficient (Wildman–Crippen LogP) is 3.23. The van der Waals surface area contributed by atoms with E-state index in [-0.39, 0.29) is 29.7 Å². The van der Waals surface area contributed by atoms with Crippen molar-refractivity contribution in [3.05, 3.63) is 71.4 Å². The van der Waals surface area contributed by atoms with Crippen LogP contribution in [0.4, 0.5) is 18.0 Å². The zero-order valence-corrected chi connectivity index (χ0v) is 19.8. The minimum absolute atomic E-state index is 0.0950. The lowest BCUT2D eigenvalue weighted by Crippen LogP contribution is -2.37. The second-order valence-corrected chi connectivity index (χ2v) is 10.4. The molecule has 2 amide bonds. The van der Waals surface area contributed by atoms with E-state index >= 15 is 0 Å². The molecule has 0 spiro atoms. The van der Waals surface area contributed by atoms with E-state index in [0.717, 1.165) is 17.7 Å². The fraction of sp³-hybridized carbons (Fsp3) is 0.304. The number of benzene rings is 2. The lowest BCUT2D eigenvalue weighted by Gasteiger charge is -2.25. The van der Waals surface area contributed by atoms with Gasteiger partial charge < -0.3 is 19.3 Å². The van der Waals surface area contributed by atoms with Crippen molar-refractivity contribution in [2.45, 2.75) is 24.8 Å². The Morgan fingerprint density at radius 1 is 1.06 bits per heavy atom. The molecule has 0 aliphatic carbocycles. The first-order chi connectivity index (χ1) is 16.7. The largest absolute Gasteiger partial charge is 0.573 e. The van der Waals surface area contributed by atoms with Gasteiger partial charge in [0.15, 0.2) is 0 Å². The number of rotatable bonds is 5. The Morgan fingerprint density at radius 2 is 1.69 bits per heavy atom. The van der Waals surface area contributed by atoms with Crippen LogP contribution in [0.1, 0.15) is 22.8 Å². The molecule has 2 N–H and O–H groups in total. The number of ether oxygens (including phenoxy) is 2. The summed E-state index contributed by atoms with van der Waals surface area (Å²) in [6.45, 7) is 2.67. The molecule has 2 aromatic carbocycles. The fourth-order valence-electron chi connectivity index (χ4n) is 4.17. The summed E-state index contributed by atoms with van der Waals surface area (Å²) < 4.78 is 68.7. The number of nitrogens with two attached hydrogens (primary N) is 1. The molecular weight excluding hydrogens is 503 g/mol. The fourth-order valence-corrected chi connectivity index (χ4v) is 4.68. The van der Waals surface area contributed by atoms with Crippen LogP contribution in [0.5, 0.6) is 5.75 Å². The van der Waals surface area contributed by atoms with Crippen molar-refractivity contribution in [3.8, 4) is 5.75 Å². The molecule has 0 bridgehead atoms. The Bertz CT molecular complexity index is 1310. The van der Waals surface area contributed by atoms with Gasteiger partial charge in [0.1, 0.15) is 12.4 Å². The predicted molar refractivity (Wildman–Crippen MR) is 120 cm³/mol. The highest BCUT2D eigenvalue weighted by molar-refractivity contribution is 7.89. The summed E-state index contributed by atoms with van der Waals surface area (Å²) in [6, 6.07) is 10.3. The molecule has 9 nitrogen and oxygen atoms in total. The third-order valence-electron chi connectivity index (χ3n) is 5.98. The van der Waals surface area contributed by atoms with E-state index in [1.54, 1.807) is 6.20 Å². The Kier molecular flexibility index (Phi) is 6.47. The number of carbonyl (C=O) groups excluding carboxylic acids is 2. The molecule has 1 saturated heterocycles. The van der Waals surface area contributed by atoms with E-state index in [1.807, 2.05) is 6.92 Å². The SMILES string of the molecule is C[C@]12CN(C(=O)c3ccc(S(N)(=O)=O)cc3)C=C1CN(C(=O)OCc1ccc(OC(F)(F)F)cc1)C2. The molecule has 0 saturated carbocycles. The zero-order chi connectivity index (χ0) is 26.3. The number of hydrogen-bond acceptors (Lipinski definition) is 6. The molecular formula is C23H22F3N3O6S. The standard InChI is InChI=1S/C23H22F3N3O6S/c1-22-13-28(20(30)16-4-8-19(9-5-16)36(27,32)33)10-17(22)11-29(14-22)21(31)34-12-15-2-6-18(7-3-15)35-23(24,25)26/h2-10H,11-14H2,1H3,(H2,27,32,33)/t22-/m1/s1. The first-order valence-electron chi connectivity index (χ1n) is 10.6. The first kappa shape index (κ1) is 25.5. The lowest BCUT2D eigenvalue weighted by molar-refractivity contribution is -0.274. The summed E-state index contributed by atoms with van der Waals surface area (Å²) in [5.74, 6) is -0.685. The molecule has 1 atom stereocenters. The molecule has 192 valence electrons. The van der Waals surface area contributed by atoms with Gasteiger partial charge >= 0.3 is 12.5 Å². The van der Waals surface area contributed by atoms with Crippen LogP contribution in [-0.2, 0) is 21.4 Å². The van der Waals surface area contributed by atoms with Crippen LogP contribution in [-0.4, -0.2) is 56.2 Å². The van der Waals surface area contributed by atoms with Crippen LogP contribution in [0.25, 0.3) is 0 Å². The van der Waals surface area contributed by atoms with Gasteiger partial charge in [0, 0.05) is 36.8 Å². The van der Waals surface area contributed by atoms with Gasteiger partial charge in [0.05, 0.1) is 4.90 Å². The van der Waals surface area contributed by atoms with Gasteiger partial charge in [0.2, 0.25) is 10.0 Å². The van der Waals surface area contributed by atoms with Crippen molar-refractivity contribution >= 4 is 22.0 Å². The van der Waals surface area contributed by atoms with E-state index in [9.17, 15) is 31.2 Å². The van der Waals surface area contributed by atoms with E-state index in [0.29, 0.717) is 24.2 Å². The second-order valence-electron chi connectivity index (χ2n) is 8.82. The number of fused-ring (bicyclic) bond motifs is 1. The normalized spacial score (nSPS) is 19.6. The van der Waals surface area contributed by atoms with Gasteiger partial charge in [-0.25, -0.2) is 18.4 Å². The van der Waals surface area contributed by atoms with Gasteiger partial charge in [-0.3, -0.25) is 4.79 Å². The zero-order valence-electron chi connectivity index (χ0n) is 19.0. The molecule has 2 aliphatic rings. The number of carbonyl (C=O) groups is 2. The lowest BCUT2D eigenvalue weighted by atomic mass is 9.88. The number of amides is 2. The average molecular weight is 526 g/mol. The number of hydrogen-bond donors (Lipinski definition) is 1. The molecule has 0 radical (unpaired) electrons. The summed E-state index contributed by atoms with van der Waals surface area (Å²) in [5.41, 5.74) is 1.17. The summed E-state index contributed by atoms with van der Waals surface area (Å²) in [7, 11) is -3.86. The van der Waals surface area contributed by atoms with Gasteiger partial charge in [-0.15, -0.1) is 13.2 Å². The monoisotopic (exact) mass is 525 g/mol. The minimum atomic E-state index is -4.79. The van der Waals surface area contributed by atoms with Crippen molar-refractivity contribution in [1.82, 2.24) is 9.80 Å². The highest BCUT2D eigenvalue weighted by Crippen LogP contribution is 2.41. The highest BCUT2D eigenvalue weighted by Gasteiger charge is 2.46. The summed E-state index contributed by atoms with van der Waals surface area (Å²) in [5, 5.41) is 5.08. The molecule has 0 aromatic heterocycles. The van der Waals surface area contributed by atoms with Crippen LogP contribution in [0, 0.1) is 5.41 Å². The molecule has 1 fully saturated rings. The maximum atomic E-state index is 12.9. The summed E-state index contributed by atoms with van der Waals surface area (Å²) >= 11 is 0. The minimum Gasteiger partial charge on any atom is -0.445 e. The van der Waals surface area contributed by atoms with Crippen molar-refractivity contribution in [3.63, 3.8) is 0 Å². The third-order valence-corrected chi connectivity index (χ3v) is 6.90. The Morgan fingerprint density at radius 3 is 2.25 bits per heavy atom. The highest BCUT2D eigenvalue weighted by atomic mass is 32.2. The quantitative estimate of drug-likeness (QED) is 0.640. The number of primary sulfonamides is 1. The Labute approximate surface area is 204 Å². The van der Waals surface area contributed by atoms with E-state index < -0.39 is 27.9 Å². The molecule has 0 unspecified atom stereocenters. The summed E-state index contributed by atoms with van der Waals surface area (Å²) in [6.07, 6.45) is -3.69. The van der Waals surface area contributed by atoms with Crippen LogP contribution < -0.4 is 9.88 Å². The van der Waals surface area contributed by atoms with Crippen LogP contribution in [0.15, 0.2) is 65.2 Å². The average Bonchev–Trinajstić information content (AvgIpc) is 3.28. The van der Waals surface area contributed by atoms with Crippen molar-refractivity contribution in [2.75, 3.05) is 19.6 Å². The van der Waals surface area contributed by atoms with E-state index in [1.165, 1.54) is 46.2 Å². The van der Waals surface area contributed by atoms with E-state index in [4.69, 9.17) is 9.88 Å². The topological polar surface area (TPSA) is 119 Å². The molecule has 2 heterocycles. The number of nitrogens with zero attached hydrogens (tertiary/aromatic N) is 2. The molecule has 36 heavy (non-hydrogen) atoms. The van der Waals surface area contributed by atoms with Crippen molar-refractivity contribution in [1.29, 1.82) is 0 Å². The molecule has 4 rings (SSSR count). The maximum absolute atomic E-state index is 12.9. The Balaban J connectivity index is 1.34. The van der Waals surface area contributed by atoms with Crippen LogP contribution in [0.2, 0.25) is 0 Å². The molecule has 2 aliphatic heterocycles. The smallest absolute Gasteiger partial charge is 0.445 e. The number of halogens is 3. The van der Waals surface area contributed by atoms with Gasteiger partial charge in [-0.1, -0.05) is 19.1 Å². The third kappa shape index (κ3) is 5.62.